The minimum Gasteiger partial charge on any atom is -0.379 e. The lowest BCUT2D eigenvalue weighted by Gasteiger charge is -2.35. The number of nitrogens with zero attached hydrogens (tertiary/aromatic N) is 5. The second kappa shape index (κ2) is 44.6. The molecule has 0 aromatic heterocycles. The van der Waals surface area contributed by atoms with Gasteiger partial charge in [-0.1, -0.05) is 172 Å². The fraction of sp³-hybridized carbons (Fsp3) is 0.178. The SMILES string of the molecule is C#CCC(C#N)(c1ccc(F)cc1)c1cccc(F)c1.C=CCC(C#N)(c1ccc(F)cc1)c1cccc(F)c1.CC(=O)C(C#N)(c1ccc(F)cc1)c1ccc(F)cc1.CC(C)C(C(N)=O)(c1ccc(F)cc1)c1ccc(F)cc1.CCOCC(C#N)(c1ccc(F)cc1)c1ccc(F)cc1.CCOCC(C#N)(c1ccc(F)cc1)c1ccccc1F. The Balaban J connectivity index is 0.000000203. The summed E-state index contributed by atoms with van der Waals surface area (Å²) in [6.45, 7) is 13.3. The van der Waals surface area contributed by atoms with Crippen LogP contribution in [0.2, 0.25) is 0 Å². The Morgan fingerprint density at radius 3 is 0.927 bits per heavy atom. The third-order valence-electron chi connectivity index (χ3n) is 20.4. The van der Waals surface area contributed by atoms with Crippen molar-refractivity contribution in [2.24, 2.45) is 11.7 Å². The summed E-state index contributed by atoms with van der Waals surface area (Å²) in [5.74, 6) is -3.63. The van der Waals surface area contributed by atoms with E-state index in [0.29, 0.717) is 80.8 Å². The molecule has 12 rings (SSSR count). The van der Waals surface area contributed by atoms with E-state index in [1.165, 1.54) is 201 Å². The predicted octanol–water partition coefficient (Wildman–Crippen LogP) is 22.5. The highest BCUT2D eigenvalue weighted by Crippen LogP contribution is 2.42. The van der Waals surface area contributed by atoms with Crippen LogP contribution in [0, 0.1) is 145 Å². The van der Waals surface area contributed by atoms with Gasteiger partial charge in [0.05, 0.1) is 43.6 Å². The van der Waals surface area contributed by atoms with Gasteiger partial charge in [-0.05, 0) is 234 Å². The van der Waals surface area contributed by atoms with E-state index >= 15 is 0 Å². The van der Waals surface area contributed by atoms with Gasteiger partial charge in [-0.2, -0.15) is 26.3 Å². The third kappa shape index (κ3) is 22.8. The number of halogens is 12. The van der Waals surface area contributed by atoms with Gasteiger partial charge in [0.2, 0.25) is 5.91 Å². The molecule has 0 aliphatic carbocycles. The molecule has 12 aromatic carbocycles. The van der Waals surface area contributed by atoms with Crippen molar-refractivity contribution in [1.29, 1.82) is 26.3 Å². The number of terminal acetylenes is 1. The average Bonchev–Trinajstić information content (AvgIpc) is 0.758. The van der Waals surface area contributed by atoms with Crippen molar-refractivity contribution in [3.63, 3.8) is 0 Å². The van der Waals surface area contributed by atoms with Crippen molar-refractivity contribution in [2.45, 2.75) is 80.0 Å². The first-order chi connectivity index (χ1) is 58.9. The van der Waals surface area contributed by atoms with Crippen LogP contribution in [-0.4, -0.2) is 38.1 Å². The Hall–Kier alpha value is -14.4. The number of Topliss-reactive ketones (excluding diaryl/α,β-unsaturated/α-hetero) is 1. The lowest BCUT2D eigenvalue weighted by molar-refractivity contribution is -0.123. The Morgan fingerprint density at radius 2 is 0.659 bits per heavy atom. The van der Waals surface area contributed by atoms with Crippen molar-refractivity contribution in [1.82, 2.24) is 0 Å². The van der Waals surface area contributed by atoms with Crippen LogP contribution in [-0.2, 0) is 51.6 Å². The zero-order chi connectivity index (χ0) is 90.1. The van der Waals surface area contributed by atoms with Crippen LogP contribution >= 0.6 is 0 Å². The number of ketones is 1. The highest BCUT2D eigenvalue weighted by Gasteiger charge is 2.45. The number of nitrogens with two attached hydrogens (primary N) is 1. The summed E-state index contributed by atoms with van der Waals surface area (Å²) in [5, 5.41) is 48.3. The molecule has 0 heterocycles. The van der Waals surface area contributed by atoms with Gasteiger partial charge in [0.1, 0.15) is 96.9 Å². The highest BCUT2D eigenvalue weighted by atomic mass is 19.2. The smallest absolute Gasteiger partial charge is 0.232 e. The first-order valence-corrected chi connectivity index (χ1v) is 38.1. The van der Waals surface area contributed by atoms with Crippen LogP contribution in [0.4, 0.5) is 52.7 Å². The molecule has 22 heteroatoms. The summed E-state index contributed by atoms with van der Waals surface area (Å²) in [6.07, 6.45) is 7.37. The fourth-order valence-corrected chi connectivity index (χ4v) is 14.0. The molecule has 0 radical (unpaired) electrons. The molecule has 2 N–H and O–H groups in total. The van der Waals surface area contributed by atoms with Crippen LogP contribution in [0.3, 0.4) is 0 Å². The van der Waals surface area contributed by atoms with Crippen molar-refractivity contribution >= 4 is 11.7 Å². The van der Waals surface area contributed by atoms with Gasteiger partial charge in [0.25, 0.3) is 0 Å². The number of benzene rings is 12. The van der Waals surface area contributed by atoms with E-state index < -0.39 is 84.9 Å². The number of carbonyl (C=O) groups excluding carboxylic acids is 2. The molecule has 0 aliphatic heterocycles. The lowest BCUT2D eigenvalue weighted by atomic mass is 9.66. The van der Waals surface area contributed by atoms with E-state index in [-0.39, 0.29) is 60.2 Å². The van der Waals surface area contributed by atoms with Crippen molar-refractivity contribution in [3.8, 4) is 42.7 Å². The van der Waals surface area contributed by atoms with E-state index in [4.69, 9.17) is 21.6 Å². The van der Waals surface area contributed by atoms with Gasteiger partial charge < -0.3 is 15.2 Å². The molecule has 0 saturated heterocycles. The maximum absolute atomic E-state index is 14.2. The second-order valence-corrected chi connectivity index (χ2v) is 28.0. The molecule has 3 atom stereocenters. The normalized spacial score (nSPS) is 12.2. The van der Waals surface area contributed by atoms with Crippen LogP contribution < -0.4 is 5.73 Å². The molecule has 0 bridgehead atoms. The quantitative estimate of drug-likeness (QED) is 0.0347. The number of primary amides is 1. The van der Waals surface area contributed by atoms with Crippen molar-refractivity contribution in [2.75, 3.05) is 26.4 Å². The van der Waals surface area contributed by atoms with E-state index in [1.54, 1.807) is 110 Å². The minimum atomic E-state index is -1.55. The summed E-state index contributed by atoms with van der Waals surface area (Å²) in [6, 6.07) is 78.4. The number of hydrogen-bond donors (Lipinski definition) is 1. The number of ether oxygens (including phenoxy) is 2. The van der Waals surface area contributed by atoms with E-state index in [0.717, 1.165) is 0 Å². The summed E-state index contributed by atoms with van der Waals surface area (Å²) < 4.78 is 170. The standard InChI is InChI=1S/C17H17F2NO.2C17H15F2NO.C17H13F2N.C17H11F2N.C16H11F2NO/c1-11(2)17(16(20)21,12-3-7-14(18)8-4-12)13-5-9-15(19)10-6-13;1-2-21-12-17(11-20,13-3-7-15(18)8-4-13)14-5-9-16(19)10-6-14;1-2-21-12-17(11-20,13-7-9-14(18)10-8-13)15-5-3-4-6-16(15)19;2*1-2-10-17(12-20,13-6-8-15(18)9-7-13)14-4-3-5-16(19)11-14;1-11(20)16(10-19,12-2-6-14(17)7-3-12)13-4-8-15(18)9-5-13/h3-11H,1-2H3,(H2,20,21);2*3-10H,2,12H2,1H3;2-9,11H,1,10H2;1,3-9,11H,10H2;2-9H,1H3. The molecule has 0 aliphatic rings. The molecule has 0 spiro atoms. The average molecular weight is 1670 g/mol. The van der Waals surface area contributed by atoms with Crippen LogP contribution in [0.25, 0.3) is 0 Å². The lowest BCUT2D eigenvalue weighted by Crippen LogP contribution is -2.46. The summed E-state index contributed by atoms with van der Waals surface area (Å²) >= 11 is 0. The number of amides is 1. The van der Waals surface area contributed by atoms with Crippen LogP contribution in [0.1, 0.15) is 114 Å². The zero-order valence-electron chi connectivity index (χ0n) is 67.4. The summed E-state index contributed by atoms with van der Waals surface area (Å²) in [7, 11) is 0. The first-order valence-electron chi connectivity index (χ1n) is 38.1. The van der Waals surface area contributed by atoms with Gasteiger partial charge in [0, 0.05) is 25.2 Å². The molecule has 123 heavy (non-hydrogen) atoms. The molecule has 1 amide bonds. The maximum Gasteiger partial charge on any atom is 0.232 e. The number of allylic oxidation sites excluding steroid dienone is 1. The monoisotopic (exact) mass is 1670 g/mol. The Labute approximate surface area is 707 Å². The first kappa shape index (κ1) is 95.7. The molecule has 3 unspecified atom stereocenters. The highest BCUT2D eigenvalue weighted by molar-refractivity contribution is 5.95. The van der Waals surface area contributed by atoms with Crippen LogP contribution in [0.5, 0.6) is 0 Å². The summed E-state index contributed by atoms with van der Waals surface area (Å²) in [4.78, 5) is 24.3. The maximum atomic E-state index is 14.2. The number of rotatable bonds is 24. The van der Waals surface area contributed by atoms with E-state index in [2.05, 4.69) is 36.8 Å². The van der Waals surface area contributed by atoms with Gasteiger partial charge in [-0.3, -0.25) is 9.59 Å². The van der Waals surface area contributed by atoms with E-state index in [1.807, 2.05) is 26.8 Å². The van der Waals surface area contributed by atoms with Crippen LogP contribution in [0.15, 0.2) is 304 Å². The minimum absolute atomic E-state index is 0.00651. The van der Waals surface area contributed by atoms with Gasteiger partial charge in [0.15, 0.2) is 11.2 Å². The number of hydrogen-bond acceptors (Lipinski definition) is 9. The van der Waals surface area contributed by atoms with E-state index in [9.17, 15) is 88.6 Å². The number of nitriles is 5. The second-order valence-electron chi connectivity index (χ2n) is 28.0. The summed E-state index contributed by atoms with van der Waals surface area (Å²) in [5.41, 5.74) is 4.43. The molecular formula is C101H82F12N6O4. The van der Waals surface area contributed by atoms with Crippen molar-refractivity contribution < 1.29 is 71.7 Å². The molecule has 0 fully saturated rings. The van der Waals surface area contributed by atoms with Crippen molar-refractivity contribution in [3.05, 3.63) is 440 Å². The Bertz CT molecular complexity index is 5650. The molecule has 12 aromatic rings. The molecule has 10 nitrogen and oxygen atoms in total. The molecule has 0 saturated carbocycles. The fourth-order valence-electron chi connectivity index (χ4n) is 14.0. The topological polar surface area (TPSA) is 198 Å². The number of carbonyl (C=O) groups is 2. The zero-order valence-corrected chi connectivity index (χ0v) is 67.4. The predicted molar refractivity (Wildman–Crippen MR) is 446 cm³/mol. The van der Waals surface area contributed by atoms with Gasteiger partial charge >= 0.3 is 0 Å². The Kier molecular flexibility index (Phi) is 34.7. The molecular weight excluding hydrogens is 1590 g/mol. The van der Waals surface area contributed by atoms with Gasteiger partial charge in [-0.25, -0.2) is 52.7 Å². The molecule has 624 valence electrons. The van der Waals surface area contributed by atoms with Gasteiger partial charge in [-0.15, -0.1) is 18.9 Å². The third-order valence-corrected chi connectivity index (χ3v) is 20.4. The largest absolute Gasteiger partial charge is 0.379 e. The Morgan fingerprint density at radius 1 is 0.374 bits per heavy atom.